The molecule has 1 aliphatic heterocycles. The highest BCUT2D eigenvalue weighted by atomic mass is 32.2. The fraction of sp³-hybridized carbons (Fsp3) is 0.619. The van der Waals surface area contributed by atoms with Crippen molar-refractivity contribution in [1.82, 2.24) is 4.72 Å². The molecule has 3 rings (SSSR count). The Hall–Kier alpha value is -1.53. The van der Waals surface area contributed by atoms with Crippen LogP contribution in [-0.2, 0) is 10.0 Å². The van der Waals surface area contributed by atoms with Gasteiger partial charge in [0.05, 0.1) is 5.25 Å². The van der Waals surface area contributed by atoms with Crippen molar-refractivity contribution in [1.29, 1.82) is 0 Å². The van der Waals surface area contributed by atoms with E-state index in [1.54, 1.807) is 13.8 Å². The number of nitrogens with zero attached hydrogens (tertiary/aromatic N) is 1. The van der Waals surface area contributed by atoms with Crippen LogP contribution in [0.4, 0.5) is 11.4 Å². The first kappa shape index (κ1) is 20.2. The molecule has 1 aromatic carbocycles. The summed E-state index contributed by atoms with van der Waals surface area (Å²) < 4.78 is 26.9. The van der Waals surface area contributed by atoms with E-state index in [1.165, 1.54) is 5.69 Å². The van der Waals surface area contributed by atoms with E-state index in [0.717, 1.165) is 57.4 Å². The van der Waals surface area contributed by atoms with Crippen molar-refractivity contribution < 1.29 is 8.42 Å². The Morgan fingerprint density at radius 2 is 1.78 bits per heavy atom. The van der Waals surface area contributed by atoms with E-state index in [9.17, 15) is 8.42 Å². The minimum absolute atomic E-state index is 0.103. The molecule has 0 saturated heterocycles. The summed E-state index contributed by atoms with van der Waals surface area (Å²) in [6, 6.07) is 8.82. The monoisotopic (exact) mass is 391 g/mol. The molecule has 0 atom stereocenters. The molecule has 27 heavy (non-hydrogen) atoms. The van der Waals surface area contributed by atoms with Gasteiger partial charge in [-0.15, -0.1) is 0 Å². The summed E-state index contributed by atoms with van der Waals surface area (Å²) in [5.41, 5.74) is 2.44. The van der Waals surface area contributed by atoms with Gasteiger partial charge in [0.1, 0.15) is 0 Å². The van der Waals surface area contributed by atoms with Gasteiger partial charge in [-0.3, -0.25) is 0 Å². The van der Waals surface area contributed by atoms with Crippen LogP contribution in [0.3, 0.4) is 0 Å². The first-order valence-corrected chi connectivity index (χ1v) is 11.7. The van der Waals surface area contributed by atoms with Gasteiger partial charge in [-0.2, -0.15) is 0 Å². The first-order chi connectivity index (χ1) is 12.9. The molecule has 5 nitrogen and oxygen atoms in total. The maximum absolute atomic E-state index is 12.0. The lowest BCUT2D eigenvalue weighted by molar-refractivity contribution is 0.323. The Labute approximate surface area is 164 Å². The van der Waals surface area contributed by atoms with Crippen LogP contribution < -0.4 is 14.9 Å². The van der Waals surface area contributed by atoms with E-state index in [1.807, 2.05) is 0 Å². The molecule has 1 saturated carbocycles. The van der Waals surface area contributed by atoms with Crippen molar-refractivity contribution in [2.24, 2.45) is 5.92 Å². The minimum Gasteiger partial charge on any atom is -0.385 e. The normalized spacial score (nSPS) is 23.6. The zero-order valence-electron chi connectivity index (χ0n) is 16.5. The lowest BCUT2D eigenvalue weighted by Crippen LogP contribution is -2.41. The fourth-order valence-corrected chi connectivity index (χ4v) is 4.75. The third-order valence-electron chi connectivity index (χ3n) is 5.68. The SMILES string of the molecule is CC(C)S(=O)(=O)NC1CCC(CNc2ccc(N3CC=CCC3)cc2)CC1. The van der Waals surface area contributed by atoms with Crippen LogP contribution >= 0.6 is 0 Å². The van der Waals surface area contributed by atoms with Gasteiger partial charge in [0.25, 0.3) is 0 Å². The van der Waals surface area contributed by atoms with Crippen LogP contribution in [0.2, 0.25) is 0 Å². The van der Waals surface area contributed by atoms with Gasteiger partial charge in [-0.1, -0.05) is 12.2 Å². The average Bonchev–Trinajstić information content (AvgIpc) is 2.68. The number of nitrogens with one attached hydrogen (secondary N) is 2. The molecule has 2 aliphatic rings. The largest absolute Gasteiger partial charge is 0.385 e. The number of hydrogen-bond acceptors (Lipinski definition) is 4. The maximum Gasteiger partial charge on any atom is 0.214 e. The van der Waals surface area contributed by atoms with Crippen LogP contribution in [-0.4, -0.2) is 39.3 Å². The van der Waals surface area contributed by atoms with Crippen LogP contribution in [0, 0.1) is 5.92 Å². The van der Waals surface area contributed by atoms with E-state index in [2.05, 4.69) is 51.4 Å². The van der Waals surface area contributed by atoms with Crippen LogP contribution in [0.15, 0.2) is 36.4 Å². The summed E-state index contributed by atoms with van der Waals surface area (Å²) in [5, 5.41) is 3.19. The molecular weight excluding hydrogens is 358 g/mol. The zero-order valence-corrected chi connectivity index (χ0v) is 17.3. The summed E-state index contributed by atoms with van der Waals surface area (Å²) in [6.07, 6.45) is 9.59. The Kier molecular flexibility index (Phi) is 6.82. The molecule has 1 heterocycles. The third kappa shape index (κ3) is 5.72. The molecule has 0 bridgehead atoms. The second-order valence-corrected chi connectivity index (χ2v) is 10.3. The average molecular weight is 392 g/mol. The Morgan fingerprint density at radius 3 is 2.37 bits per heavy atom. The van der Waals surface area contributed by atoms with Gasteiger partial charge >= 0.3 is 0 Å². The van der Waals surface area contributed by atoms with E-state index < -0.39 is 10.0 Å². The molecule has 150 valence electrons. The molecule has 0 aromatic heterocycles. The summed E-state index contributed by atoms with van der Waals surface area (Å²) in [6.45, 7) is 6.50. The Morgan fingerprint density at radius 1 is 1.07 bits per heavy atom. The van der Waals surface area contributed by atoms with E-state index >= 15 is 0 Å². The number of rotatable bonds is 7. The summed E-state index contributed by atoms with van der Waals surface area (Å²) in [5.74, 6) is 0.608. The standard InChI is InChI=1S/C21H33N3O2S/c1-17(2)27(25,26)23-20-8-6-18(7-9-20)16-22-19-10-12-21(13-11-19)24-14-4-3-5-15-24/h3-4,10-13,17-18,20,22-23H,5-9,14-16H2,1-2H3. The Balaban J connectivity index is 1.41. The van der Waals surface area contributed by atoms with Gasteiger partial charge < -0.3 is 10.2 Å². The van der Waals surface area contributed by atoms with Gasteiger partial charge in [0.2, 0.25) is 10.0 Å². The number of hydrogen-bond donors (Lipinski definition) is 2. The topological polar surface area (TPSA) is 61.4 Å². The fourth-order valence-electron chi connectivity index (χ4n) is 3.78. The lowest BCUT2D eigenvalue weighted by Gasteiger charge is -2.30. The number of benzene rings is 1. The van der Waals surface area contributed by atoms with E-state index in [-0.39, 0.29) is 11.3 Å². The first-order valence-electron chi connectivity index (χ1n) is 10.2. The van der Waals surface area contributed by atoms with E-state index in [4.69, 9.17) is 0 Å². The van der Waals surface area contributed by atoms with Crippen molar-refractivity contribution in [3.05, 3.63) is 36.4 Å². The maximum atomic E-state index is 12.0. The molecule has 1 fully saturated rings. The highest BCUT2D eigenvalue weighted by Gasteiger charge is 2.26. The van der Waals surface area contributed by atoms with Crippen molar-refractivity contribution in [3.63, 3.8) is 0 Å². The summed E-state index contributed by atoms with van der Waals surface area (Å²) in [7, 11) is -3.16. The van der Waals surface area contributed by atoms with Crippen molar-refractivity contribution >= 4 is 21.4 Å². The smallest absolute Gasteiger partial charge is 0.214 e. The van der Waals surface area contributed by atoms with Gasteiger partial charge in [-0.05, 0) is 76.1 Å². The second-order valence-electron chi connectivity index (χ2n) is 8.06. The molecule has 0 unspecified atom stereocenters. The summed E-state index contributed by atoms with van der Waals surface area (Å²) >= 11 is 0. The summed E-state index contributed by atoms with van der Waals surface area (Å²) in [4.78, 5) is 2.39. The molecule has 0 radical (unpaired) electrons. The van der Waals surface area contributed by atoms with Crippen LogP contribution in [0.5, 0.6) is 0 Å². The molecule has 2 N–H and O–H groups in total. The van der Waals surface area contributed by atoms with Crippen molar-refractivity contribution in [3.8, 4) is 0 Å². The van der Waals surface area contributed by atoms with Crippen molar-refractivity contribution in [2.75, 3.05) is 29.9 Å². The predicted molar refractivity (Wildman–Crippen MR) is 114 cm³/mol. The predicted octanol–water partition coefficient (Wildman–Crippen LogP) is 3.75. The number of anilines is 2. The van der Waals surface area contributed by atoms with E-state index in [0.29, 0.717) is 5.92 Å². The molecular formula is C21H33N3O2S. The zero-order chi connectivity index (χ0) is 19.3. The Bertz CT molecular complexity index is 720. The quantitative estimate of drug-likeness (QED) is 0.695. The minimum atomic E-state index is -3.16. The molecule has 0 amide bonds. The van der Waals surface area contributed by atoms with Gasteiger partial charge in [0, 0.05) is 37.1 Å². The van der Waals surface area contributed by atoms with Crippen LogP contribution in [0.25, 0.3) is 0 Å². The second kappa shape index (κ2) is 9.11. The lowest BCUT2D eigenvalue weighted by atomic mass is 9.86. The highest BCUT2D eigenvalue weighted by Crippen LogP contribution is 2.26. The third-order valence-corrected chi connectivity index (χ3v) is 7.59. The molecule has 0 spiro atoms. The molecule has 1 aliphatic carbocycles. The molecule has 6 heteroatoms. The van der Waals surface area contributed by atoms with Crippen molar-refractivity contribution in [2.45, 2.75) is 57.2 Å². The highest BCUT2D eigenvalue weighted by molar-refractivity contribution is 7.90. The van der Waals surface area contributed by atoms with Gasteiger partial charge in [-0.25, -0.2) is 13.1 Å². The van der Waals surface area contributed by atoms with Crippen LogP contribution in [0.1, 0.15) is 46.0 Å². The van der Waals surface area contributed by atoms with Gasteiger partial charge in [0.15, 0.2) is 0 Å². The molecule has 1 aromatic rings. The number of sulfonamides is 1.